The molecule has 76 valence electrons. The van der Waals surface area contributed by atoms with Crippen molar-refractivity contribution in [2.75, 3.05) is 7.11 Å². The Morgan fingerprint density at radius 3 is 2.73 bits per heavy atom. The van der Waals surface area contributed by atoms with Gasteiger partial charge in [-0.1, -0.05) is 12.1 Å². The molecule has 3 heteroatoms. The molecule has 0 N–H and O–H groups in total. The average Bonchev–Trinajstić information content (AvgIpc) is 2.29. The fraction of sp³-hybridized carbons (Fsp3) is 0.167. The Morgan fingerprint density at radius 2 is 2.00 bits per heavy atom. The second-order valence-electron chi connectivity index (χ2n) is 3.35. The molecule has 0 radical (unpaired) electrons. The van der Waals surface area contributed by atoms with Crippen LogP contribution in [0.25, 0.3) is 10.9 Å². The summed E-state index contributed by atoms with van der Waals surface area (Å²) in [5, 5.41) is 0.911. The van der Waals surface area contributed by atoms with Crippen LogP contribution in [0, 0.1) is 0 Å². The van der Waals surface area contributed by atoms with Gasteiger partial charge >= 0.3 is 5.97 Å². The van der Waals surface area contributed by atoms with Crippen LogP contribution in [0.2, 0.25) is 0 Å². The van der Waals surface area contributed by atoms with Crippen LogP contribution < -0.4 is 4.57 Å². The number of benzene rings is 1. The van der Waals surface area contributed by atoms with E-state index in [2.05, 4.69) is 0 Å². The van der Waals surface area contributed by atoms with Crippen LogP contribution in [0.5, 0.6) is 0 Å². The third kappa shape index (κ3) is 1.56. The van der Waals surface area contributed by atoms with Gasteiger partial charge in [-0.2, -0.15) is 0 Å². The van der Waals surface area contributed by atoms with Gasteiger partial charge in [0.2, 0.25) is 5.52 Å². The lowest BCUT2D eigenvalue weighted by Gasteiger charge is -2.02. The quantitative estimate of drug-likeness (QED) is 0.517. The van der Waals surface area contributed by atoms with Crippen LogP contribution in [0.3, 0.4) is 0 Å². The molecule has 15 heavy (non-hydrogen) atoms. The lowest BCUT2D eigenvalue weighted by Crippen LogP contribution is -2.29. The van der Waals surface area contributed by atoms with Crippen molar-refractivity contribution in [1.82, 2.24) is 0 Å². The molecule has 1 aromatic carbocycles. The third-order valence-electron chi connectivity index (χ3n) is 2.44. The van der Waals surface area contributed by atoms with Crippen LogP contribution in [-0.2, 0) is 11.8 Å². The number of fused-ring (bicyclic) bond motifs is 1. The predicted octanol–water partition coefficient (Wildman–Crippen LogP) is 1.45. The first-order chi connectivity index (χ1) is 7.24. The van der Waals surface area contributed by atoms with Gasteiger partial charge in [0.15, 0.2) is 6.20 Å². The smallest absolute Gasteiger partial charge is 0.338 e. The van der Waals surface area contributed by atoms with Crippen LogP contribution in [-0.4, -0.2) is 13.1 Å². The number of aromatic nitrogens is 1. The van der Waals surface area contributed by atoms with Crippen molar-refractivity contribution >= 4 is 16.9 Å². The molecule has 1 heterocycles. The number of pyridine rings is 1. The van der Waals surface area contributed by atoms with Crippen molar-refractivity contribution < 1.29 is 14.1 Å². The molecule has 2 aromatic rings. The Labute approximate surface area is 87.9 Å². The fourth-order valence-corrected chi connectivity index (χ4v) is 1.65. The van der Waals surface area contributed by atoms with Gasteiger partial charge in [0.05, 0.1) is 18.1 Å². The van der Waals surface area contributed by atoms with Crippen molar-refractivity contribution in [3.63, 3.8) is 0 Å². The summed E-state index contributed by atoms with van der Waals surface area (Å²) in [6, 6.07) is 9.52. The van der Waals surface area contributed by atoms with Crippen LogP contribution in [0.1, 0.15) is 10.4 Å². The number of aryl methyl sites for hydroxylation is 1. The van der Waals surface area contributed by atoms with E-state index in [9.17, 15) is 4.79 Å². The molecule has 0 saturated heterocycles. The molecule has 0 amide bonds. The first kappa shape index (κ1) is 9.65. The number of para-hydroxylation sites is 1. The number of ether oxygens (including phenoxy) is 1. The molecule has 1 aromatic heterocycles. The zero-order chi connectivity index (χ0) is 10.8. The summed E-state index contributed by atoms with van der Waals surface area (Å²) in [7, 11) is 3.34. The maximum atomic E-state index is 11.5. The Kier molecular flexibility index (Phi) is 2.37. The molecule has 2 rings (SSSR count). The summed E-state index contributed by atoms with van der Waals surface area (Å²) in [4.78, 5) is 11.5. The van der Waals surface area contributed by atoms with Gasteiger partial charge in [0, 0.05) is 12.1 Å². The normalized spacial score (nSPS) is 10.3. The molecule has 0 aliphatic rings. The second-order valence-corrected chi connectivity index (χ2v) is 3.35. The highest BCUT2D eigenvalue weighted by molar-refractivity contribution is 6.02. The van der Waals surface area contributed by atoms with Gasteiger partial charge in [-0.25, -0.2) is 9.36 Å². The van der Waals surface area contributed by atoms with Gasteiger partial charge in [-0.3, -0.25) is 0 Å². The number of hydrogen-bond donors (Lipinski definition) is 0. The number of carbonyl (C=O) groups is 1. The summed E-state index contributed by atoms with van der Waals surface area (Å²) in [5.74, 6) is -0.299. The Morgan fingerprint density at radius 1 is 1.27 bits per heavy atom. The molecular weight excluding hydrogens is 190 g/mol. The summed E-state index contributed by atoms with van der Waals surface area (Å²) in [6.45, 7) is 0. The van der Waals surface area contributed by atoms with Gasteiger partial charge in [0.25, 0.3) is 0 Å². The van der Waals surface area contributed by atoms with Crippen molar-refractivity contribution in [1.29, 1.82) is 0 Å². The van der Waals surface area contributed by atoms with Crippen molar-refractivity contribution in [2.24, 2.45) is 7.05 Å². The van der Waals surface area contributed by atoms with E-state index in [4.69, 9.17) is 4.74 Å². The van der Waals surface area contributed by atoms with Crippen molar-refractivity contribution in [2.45, 2.75) is 0 Å². The lowest BCUT2D eigenvalue weighted by atomic mass is 10.1. The highest BCUT2D eigenvalue weighted by Crippen LogP contribution is 2.15. The van der Waals surface area contributed by atoms with Gasteiger partial charge in [0.1, 0.15) is 7.05 Å². The van der Waals surface area contributed by atoms with E-state index in [1.807, 2.05) is 42.1 Å². The van der Waals surface area contributed by atoms with Crippen LogP contribution in [0.4, 0.5) is 0 Å². The first-order valence-corrected chi connectivity index (χ1v) is 4.69. The van der Waals surface area contributed by atoms with Gasteiger partial charge in [-0.05, 0) is 6.07 Å². The van der Waals surface area contributed by atoms with E-state index in [1.54, 1.807) is 6.07 Å². The van der Waals surface area contributed by atoms with E-state index in [1.165, 1.54) is 7.11 Å². The van der Waals surface area contributed by atoms with E-state index in [0.29, 0.717) is 5.56 Å². The fourth-order valence-electron chi connectivity index (χ4n) is 1.65. The molecule has 0 bridgehead atoms. The predicted molar refractivity (Wildman–Crippen MR) is 56.5 cm³/mol. The highest BCUT2D eigenvalue weighted by Gasteiger charge is 2.14. The number of esters is 1. The van der Waals surface area contributed by atoms with Crippen molar-refractivity contribution in [3.8, 4) is 0 Å². The first-order valence-electron chi connectivity index (χ1n) is 4.69. The van der Waals surface area contributed by atoms with Crippen molar-refractivity contribution in [3.05, 3.63) is 42.1 Å². The minimum Gasteiger partial charge on any atom is -0.465 e. The number of nitrogens with zero attached hydrogens (tertiary/aromatic N) is 1. The number of rotatable bonds is 1. The summed E-state index contributed by atoms with van der Waals surface area (Å²) in [5.41, 5.74) is 1.62. The minimum absolute atomic E-state index is 0.299. The monoisotopic (exact) mass is 202 g/mol. The molecule has 0 spiro atoms. The third-order valence-corrected chi connectivity index (χ3v) is 2.44. The molecule has 0 atom stereocenters. The molecule has 0 fully saturated rings. The maximum Gasteiger partial charge on any atom is 0.338 e. The topological polar surface area (TPSA) is 30.2 Å². The molecule has 0 aliphatic carbocycles. The zero-order valence-corrected chi connectivity index (χ0v) is 8.73. The largest absolute Gasteiger partial charge is 0.465 e. The SMILES string of the molecule is COC(=O)c1cc[n+](C)c2ccccc12. The number of carbonyl (C=O) groups excluding carboxylic acids is 1. The molecular formula is C12H12NO2+. The molecule has 0 saturated carbocycles. The summed E-state index contributed by atoms with van der Waals surface area (Å²) in [6.07, 6.45) is 1.86. The van der Waals surface area contributed by atoms with E-state index in [-0.39, 0.29) is 5.97 Å². The average molecular weight is 202 g/mol. The Balaban J connectivity index is 2.77. The van der Waals surface area contributed by atoms with Crippen LogP contribution in [0.15, 0.2) is 36.5 Å². The summed E-state index contributed by atoms with van der Waals surface area (Å²) >= 11 is 0. The lowest BCUT2D eigenvalue weighted by molar-refractivity contribution is -0.644. The highest BCUT2D eigenvalue weighted by atomic mass is 16.5. The summed E-state index contributed by atoms with van der Waals surface area (Å²) < 4.78 is 6.71. The zero-order valence-electron chi connectivity index (χ0n) is 8.73. The maximum absolute atomic E-state index is 11.5. The second kappa shape index (κ2) is 3.69. The molecule has 0 unspecified atom stereocenters. The molecule has 0 aliphatic heterocycles. The Hall–Kier alpha value is -1.90. The van der Waals surface area contributed by atoms with E-state index < -0.39 is 0 Å². The van der Waals surface area contributed by atoms with E-state index in [0.717, 1.165) is 10.9 Å². The van der Waals surface area contributed by atoms with Gasteiger partial charge in [-0.15, -0.1) is 0 Å². The van der Waals surface area contributed by atoms with Crippen LogP contribution >= 0.6 is 0 Å². The van der Waals surface area contributed by atoms with E-state index >= 15 is 0 Å². The number of hydrogen-bond acceptors (Lipinski definition) is 2. The molecule has 3 nitrogen and oxygen atoms in total. The standard InChI is InChI=1S/C12H12NO2/c1-13-8-7-10(12(14)15-2)9-5-3-4-6-11(9)13/h3-8H,1-2H3/q+1. The Bertz CT molecular complexity index is 520. The number of methoxy groups -OCH3 is 1. The van der Waals surface area contributed by atoms with Gasteiger partial charge < -0.3 is 4.74 Å². The minimum atomic E-state index is -0.299.